The molecule has 1 saturated heterocycles. The third-order valence-electron chi connectivity index (χ3n) is 1.87. The van der Waals surface area contributed by atoms with Crippen LogP contribution in [0.1, 0.15) is 27.2 Å². The number of alkyl halides is 1. The average molecular weight is 216 g/mol. The number of ether oxygens (including phenoxy) is 1. The highest BCUT2D eigenvalue weighted by molar-refractivity contribution is 5.98. The Labute approximate surface area is 88.9 Å². The van der Waals surface area contributed by atoms with Crippen molar-refractivity contribution in [3.63, 3.8) is 0 Å². The van der Waals surface area contributed by atoms with Gasteiger partial charge in [0.2, 0.25) is 0 Å². The zero-order valence-corrected chi connectivity index (χ0v) is 9.34. The number of hydrogen-bond acceptors (Lipinski definition) is 3. The maximum Gasteiger partial charge on any atom is 0.434 e. The van der Waals surface area contributed by atoms with Crippen molar-refractivity contribution < 1.29 is 13.9 Å². The van der Waals surface area contributed by atoms with Crippen molar-refractivity contribution in [3.8, 4) is 0 Å². The summed E-state index contributed by atoms with van der Waals surface area (Å²) >= 11 is 0. The molecular weight excluding hydrogens is 199 g/mol. The van der Waals surface area contributed by atoms with Gasteiger partial charge in [-0.15, -0.1) is 0 Å². The van der Waals surface area contributed by atoms with E-state index in [9.17, 15) is 9.18 Å². The molecule has 0 saturated carbocycles. The van der Waals surface area contributed by atoms with Gasteiger partial charge in [0.1, 0.15) is 11.8 Å². The van der Waals surface area contributed by atoms with Gasteiger partial charge < -0.3 is 10.1 Å². The molecule has 0 bridgehead atoms. The Kier molecular flexibility index (Phi) is 3.79. The molecule has 15 heavy (non-hydrogen) atoms. The molecule has 0 unspecified atom stereocenters. The van der Waals surface area contributed by atoms with Gasteiger partial charge in [-0.1, -0.05) is 0 Å². The maximum absolute atomic E-state index is 13.3. The number of hydrogen-bond donors (Lipinski definition) is 1. The minimum absolute atomic E-state index is 0.232. The molecule has 0 radical (unpaired) electrons. The summed E-state index contributed by atoms with van der Waals surface area (Å²) in [5.74, 6) is 0. The van der Waals surface area contributed by atoms with E-state index in [1.165, 1.54) is 0 Å². The fourth-order valence-corrected chi connectivity index (χ4v) is 1.23. The van der Waals surface area contributed by atoms with Crippen molar-refractivity contribution in [2.75, 3.05) is 13.1 Å². The van der Waals surface area contributed by atoms with Crippen molar-refractivity contribution in [1.82, 2.24) is 5.32 Å². The first kappa shape index (κ1) is 12.1. The monoisotopic (exact) mass is 216 g/mol. The molecule has 0 aromatic rings. The second-order valence-electron chi connectivity index (χ2n) is 4.52. The largest absolute Gasteiger partial charge is 0.442 e. The summed E-state index contributed by atoms with van der Waals surface area (Å²) in [4.78, 5) is 14.9. The van der Waals surface area contributed by atoms with Gasteiger partial charge in [0.25, 0.3) is 0 Å². The van der Waals surface area contributed by atoms with E-state index < -0.39 is 17.9 Å². The number of rotatable bonds is 0. The smallest absolute Gasteiger partial charge is 0.434 e. The fourth-order valence-electron chi connectivity index (χ4n) is 1.23. The third kappa shape index (κ3) is 4.38. The summed E-state index contributed by atoms with van der Waals surface area (Å²) in [5, 5.41) is 2.95. The molecule has 86 valence electrons. The van der Waals surface area contributed by atoms with Crippen LogP contribution in [0, 0.1) is 0 Å². The van der Waals surface area contributed by atoms with Crippen molar-refractivity contribution in [3.05, 3.63) is 0 Å². The first-order chi connectivity index (χ1) is 6.88. The SMILES string of the molecule is CC(C)(C)OC(=O)N=C1CNCC[C@@H]1F. The van der Waals surface area contributed by atoms with Crippen LogP contribution in [0.4, 0.5) is 9.18 Å². The zero-order valence-electron chi connectivity index (χ0n) is 9.34. The van der Waals surface area contributed by atoms with Gasteiger partial charge in [-0.05, 0) is 33.7 Å². The summed E-state index contributed by atoms with van der Waals surface area (Å²) in [7, 11) is 0. The molecule has 1 fully saturated rings. The highest BCUT2D eigenvalue weighted by Crippen LogP contribution is 2.10. The number of carbonyl (C=O) groups excluding carboxylic acids is 1. The second-order valence-corrected chi connectivity index (χ2v) is 4.52. The number of nitrogens with one attached hydrogen (secondary N) is 1. The van der Waals surface area contributed by atoms with E-state index in [1.807, 2.05) is 0 Å². The van der Waals surface area contributed by atoms with E-state index in [2.05, 4.69) is 10.3 Å². The fraction of sp³-hybridized carbons (Fsp3) is 0.800. The molecule has 5 heteroatoms. The molecule has 1 aliphatic rings. The molecular formula is C10H17FN2O2. The predicted octanol–water partition coefficient (Wildman–Crippen LogP) is 1.69. The molecule has 0 spiro atoms. The zero-order chi connectivity index (χ0) is 11.5. The minimum Gasteiger partial charge on any atom is -0.442 e. The van der Waals surface area contributed by atoms with Crippen LogP contribution in [0.5, 0.6) is 0 Å². The normalized spacial score (nSPS) is 25.3. The minimum atomic E-state index is -1.13. The van der Waals surface area contributed by atoms with Gasteiger partial charge >= 0.3 is 6.09 Å². The number of carbonyl (C=O) groups is 1. The predicted molar refractivity (Wildman–Crippen MR) is 56.1 cm³/mol. The average Bonchev–Trinajstić information content (AvgIpc) is 2.05. The molecule has 1 amide bonds. The van der Waals surface area contributed by atoms with Crippen LogP contribution in [0.2, 0.25) is 0 Å². The van der Waals surface area contributed by atoms with Crippen LogP contribution in [0.3, 0.4) is 0 Å². The molecule has 1 heterocycles. The Bertz CT molecular complexity index is 271. The van der Waals surface area contributed by atoms with E-state index in [0.29, 0.717) is 19.5 Å². The van der Waals surface area contributed by atoms with E-state index in [1.54, 1.807) is 20.8 Å². The van der Waals surface area contributed by atoms with Crippen LogP contribution < -0.4 is 5.32 Å². The lowest BCUT2D eigenvalue weighted by Crippen LogP contribution is -2.39. The Balaban J connectivity index is 2.57. The Hall–Kier alpha value is -0.970. The number of nitrogens with zero attached hydrogens (tertiary/aromatic N) is 1. The number of amides is 1. The Morgan fingerprint density at radius 1 is 1.60 bits per heavy atom. The summed E-state index contributed by atoms with van der Waals surface area (Å²) in [6.45, 7) is 6.18. The maximum atomic E-state index is 13.3. The molecule has 0 aliphatic carbocycles. The molecule has 0 aromatic carbocycles. The molecule has 1 N–H and O–H groups in total. The molecule has 1 aliphatic heterocycles. The topological polar surface area (TPSA) is 50.7 Å². The van der Waals surface area contributed by atoms with E-state index in [4.69, 9.17) is 4.74 Å². The summed E-state index contributed by atoms with van der Waals surface area (Å²) in [6, 6.07) is 0. The van der Waals surface area contributed by atoms with Crippen LogP contribution >= 0.6 is 0 Å². The van der Waals surface area contributed by atoms with Gasteiger partial charge in [0.05, 0.1) is 5.71 Å². The number of halogens is 1. The molecule has 1 atom stereocenters. The van der Waals surface area contributed by atoms with Crippen molar-refractivity contribution in [1.29, 1.82) is 0 Å². The molecule has 1 rings (SSSR count). The van der Waals surface area contributed by atoms with Gasteiger partial charge in [0, 0.05) is 6.54 Å². The highest BCUT2D eigenvalue weighted by Gasteiger charge is 2.22. The summed E-state index contributed by atoms with van der Waals surface area (Å²) < 4.78 is 18.2. The van der Waals surface area contributed by atoms with Gasteiger partial charge in [0.15, 0.2) is 0 Å². The van der Waals surface area contributed by atoms with Crippen LogP contribution in [0.25, 0.3) is 0 Å². The first-order valence-electron chi connectivity index (χ1n) is 5.04. The van der Waals surface area contributed by atoms with Crippen molar-refractivity contribution in [2.24, 2.45) is 4.99 Å². The Morgan fingerprint density at radius 2 is 2.27 bits per heavy atom. The number of piperidine rings is 1. The van der Waals surface area contributed by atoms with Crippen molar-refractivity contribution in [2.45, 2.75) is 39.0 Å². The highest BCUT2D eigenvalue weighted by atomic mass is 19.1. The van der Waals surface area contributed by atoms with E-state index >= 15 is 0 Å². The quantitative estimate of drug-likeness (QED) is 0.670. The summed E-state index contributed by atoms with van der Waals surface area (Å²) in [6.07, 6.45) is -1.48. The first-order valence-corrected chi connectivity index (χ1v) is 5.04. The lowest BCUT2D eigenvalue weighted by atomic mass is 10.1. The van der Waals surface area contributed by atoms with Crippen LogP contribution in [0.15, 0.2) is 4.99 Å². The van der Waals surface area contributed by atoms with Crippen LogP contribution in [-0.2, 0) is 4.74 Å². The molecule has 0 aromatic heterocycles. The lowest BCUT2D eigenvalue weighted by Gasteiger charge is -2.20. The standard InChI is InChI=1S/C10H17FN2O2/c1-10(2,3)15-9(14)13-8-6-12-5-4-7(8)11/h7,12H,4-6H2,1-3H3/t7-/m0/s1. The van der Waals surface area contributed by atoms with Gasteiger partial charge in [-0.25, -0.2) is 9.18 Å². The lowest BCUT2D eigenvalue weighted by molar-refractivity contribution is 0.0602. The Morgan fingerprint density at radius 3 is 2.80 bits per heavy atom. The number of aliphatic imine (C=N–C) groups is 1. The van der Waals surface area contributed by atoms with Crippen LogP contribution in [-0.4, -0.2) is 36.7 Å². The summed E-state index contributed by atoms with van der Waals surface area (Å²) in [5.41, 5.74) is -0.356. The van der Waals surface area contributed by atoms with E-state index in [-0.39, 0.29) is 5.71 Å². The van der Waals surface area contributed by atoms with Gasteiger partial charge in [-0.2, -0.15) is 4.99 Å². The van der Waals surface area contributed by atoms with Crippen molar-refractivity contribution >= 4 is 11.8 Å². The second kappa shape index (κ2) is 4.70. The van der Waals surface area contributed by atoms with E-state index in [0.717, 1.165) is 0 Å². The third-order valence-corrected chi connectivity index (χ3v) is 1.87. The molecule has 4 nitrogen and oxygen atoms in total. The van der Waals surface area contributed by atoms with Gasteiger partial charge in [-0.3, -0.25) is 0 Å².